The third kappa shape index (κ3) is 4.77. The molecule has 26 heavy (non-hydrogen) atoms. The number of allylic oxidation sites excluding steroid dienone is 1. The molecule has 2 aromatic rings. The SMILES string of the molecule is C/C=C/c1ccc(OCC(=O)Oc2ccc(C#N)cc2OC)c(OC)c1. The van der Waals surface area contributed by atoms with Gasteiger partial charge in [0, 0.05) is 6.07 Å². The Balaban J connectivity index is 2.04. The first kappa shape index (κ1) is 18.9. The summed E-state index contributed by atoms with van der Waals surface area (Å²) < 4.78 is 21.2. The second-order valence-electron chi connectivity index (χ2n) is 5.15. The molecule has 0 atom stereocenters. The van der Waals surface area contributed by atoms with Gasteiger partial charge in [-0.05, 0) is 36.8 Å². The molecule has 134 valence electrons. The molecule has 0 heterocycles. The lowest BCUT2D eigenvalue weighted by molar-refractivity contribution is -0.136. The molecule has 6 heteroatoms. The Bertz CT molecular complexity index is 852. The summed E-state index contributed by atoms with van der Waals surface area (Å²) in [7, 11) is 2.96. The van der Waals surface area contributed by atoms with Gasteiger partial charge in [0.1, 0.15) is 0 Å². The Morgan fingerprint density at radius 3 is 2.38 bits per heavy atom. The summed E-state index contributed by atoms with van der Waals surface area (Å²) in [5, 5.41) is 8.89. The van der Waals surface area contributed by atoms with E-state index in [0.29, 0.717) is 22.8 Å². The van der Waals surface area contributed by atoms with E-state index < -0.39 is 5.97 Å². The molecule has 0 saturated heterocycles. The Hall–Kier alpha value is -3.46. The maximum absolute atomic E-state index is 12.1. The number of hydrogen-bond donors (Lipinski definition) is 0. The van der Waals surface area contributed by atoms with E-state index in [0.717, 1.165) is 5.56 Å². The average Bonchev–Trinajstić information content (AvgIpc) is 2.67. The summed E-state index contributed by atoms with van der Waals surface area (Å²) in [5.41, 5.74) is 1.37. The molecule has 0 fully saturated rings. The Labute approximate surface area is 152 Å². The summed E-state index contributed by atoms with van der Waals surface area (Å²) in [6, 6.07) is 11.9. The van der Waals surface area contributed by atoms with Crippen LogP contribution in [0.4, 0.5) is 0 Å². The van der Waals surface area contributed by atoms with Crippen molar-refractivity contribution in [1.82, 2.24) is 0 Å². The number of esters is 1. The minimum atomic E-state index is -0.604. The van der Waals surface area contributed by atoms with Crippen molar-refractivity contribution >= 4 is 12.0 Å². The van der Waals surface area contributed by atoms with Crippen LogP contribution in [0.1, 0.15) is 18.1 Å². The van der Waals surface area contributed by atoms with Gasteiger partial charge >= 0.3 is 5.97 Å². The van der Waals surface area contributed by atoms with Crippen molar-refractivity contribution in [3.63, 3.8) is 0 Å². The highest BCUT2D eigenvalue weighted by Crippen LogP contribution is 2.30. The van der Waals surface area contributed by atoms with Crippen LogP contribution >= 0.6 is 0 Å². The average molecular weight is 353 g/mol. The molecule has 0 unspecified atom stereocenters. The predicted octanol–water partition coefficient (Wildman–Crippen LogP) is 3.59. The predicted molar refractivity (Wildman–Crippen MR) is 96.5 cm³/mol. The van der Waals surface area contributed by atoms with Crippen LogP contribution in [0.3, 0.4) is 0 Å². The molecule has 0 saturated carbocycles. The second-order valence-corrected chi connectivity index (χ2v) is 5.15. The highest BCUT2D eigenvalue weighted by atomic mass is 16.6. The molecule has 0 aromatic heterocycles. The van der Waals surface area contributed by atoms with Gasteiger partial charge in [-0.15, -0.1) is 0 Å². The third-order valence-corrected chi connectivity index (χ3v) is 3.41. The molecule has 0 amide bonds. The van der Waals surface area contributed by atoms with E-state index in [-0.39, 0.29) is 12.4 Å². The lowest BCUT2D eigenvalue weighted by Crippen LogP contribution is -2.18. The minimum Gasteiger partial charge on any atom is -0.493 e. The zero-order chi connectivity index (χ0) is 18.9. The van der Waals surface area contributed by atoms with E-state index >= 15 is 0 Å². The highest BCUT2D eigenvalue weighted by Gasteiger charge is 2.13. The summed E-state index contributed by atoms with van der Waals surface area (Å²) in [6.45, 7) is 1.62. The number of nitriles is 1. The van der Waals surface area contributed by atoms with Gasteiger partial charge < -0.3 is 18.9 Å². The molecule has 2 rings (SSSR count). The van der Waals surface area contributed by atoms with Crippen molar-refractivity contribution in [2.75, 3.05) is 20.8 Å². The first-order chi connectivity index (χ1) is 12.6. The van der Waals surface area contributed by atoms with Crippen LogP contribution < -0.4 is 18.9 Å². The van der Waals surface area contributed by atoms with Crippen LogP contribution in [0.5, 0.6) is 23.0 Å². The Morgan fingerprint density at radius 1 is 1.04 bits per heavy atom. The monoisotopic (exact) mass is 353 g/mol. The molecule has 0 spiro atoms. The molecule has 0 aliphatic carbocycles. The van der Waals surface area contributed by atoms with Gasteiger partial charge in [-0.25, -0.2) is 4.79 Å². The highest BCUT2D eigenvalue weighted by molar-refractivity contribution is 5.75. The molecular weight excluding hydrogens is 334 g/mol. The molecule has 0 N–H and O–H groups in total. The van der Waals surface area contributed by atoms with E-state index in [2.05, 4.69) is 0 Å². The largest absolute Gasteiger partial charge is 0.493 e. The van der Waals surface area contributed by atoms with Crippen LogP contribution in [0.2, 0.25) is 0 Å². The maximum Gasteiger partial charge on any atom is 0.349 e. The Kier molecular flexibility index (Phi) is 6.63. The topological polar surface area (TPSA) is 77.8 Å². The molecule has 6 nitrogen and oxygen atoms in total. The van der Waals surface area contributed by atoms with Gasteiger partial charge in [-0.3, -0.25) is 0 Å². The summed E-state index contributed by atoms with van der Waals surface area (Å²) in [6.07, 6.45) is 3.84. The summed E-state index contributed by atoms with van der Waals surface area (Å²) >= 11 is 0. The van der Waals surface area contributed by atoms with E-state index in [9.17, 15) is 4.79 Å². The van der Waals surface area contributed by atoms with Crippen molar-refractivity contribution in [1.29, 1.82) is 5.26 Å². The summed E-state index contributed by atoms with van der Waals surface area (Å²) in [5.74, 6) is 0.864. The number of nitrogens with zero attached hydrogens (tertiary/aromatic N) is 1. The van der Waals surface area contributed by atoms with Gasteiger partial charge in [0.2, 0.25) is 0 Å². The van der Waals surface area contributed by atoms with Crippen LogP contribution in [-0.4, -0.2) is 26.8 Å². The normalized spacial score (nSPS) is 10.2. The van der Waals surface area contributed by atoms with Crippen LogP contribution in [0, 0.1) is 11.3 Å². The second kappa shape index (κ2) is 9.14. The van der Waals surface area contributed by atoms with Gasteiger partial charge in [0.25, 0.3) is 0 Å². The maximum atomic E-state index is 12.1. The number of carbonyl (C=O) groups excluding carboxylic acids is 1. The lowest BCUT2D eigenvalue weighted by atomic mass is 10.2. The van der Waals surface area contributed by atoms with Gasteiger partial charge in [0.15, 0.2) is 29.6 Å². The fourth-order valence-electron chi connectivity index (χ4n) is 2.21. The molecular formula is C20H19NO5. The number of ether oxygens (including phenoxy) is 4. The number of rotatable bonds is 7. The Morgan fingerprint density at radius 2 is 1.73 bits per heavy atom. The zero-order valence-electron chi connectivity index (χ0n) is 14.8. The van der Waals surface area contributed by atoms with Crippen LogP contribution in [-0.2, 0) is 4.79 Å². The first-order valence-electron chi connectivity index (χ1n) is 7.83. The quantitative estimate of drug-likeness (QED) is 0.559. The van der Waals surface area contributed by atoms with Crippen molar-refractivity contribution in [3.8, 4) is 29.1 Å². The standard InChI is InChI=1S/C20H19NO5/c1-4-5-14-6-8-16(18(10-14)23-2)25-13-20(22)26-17-9-7-15(12-21)11-19(17)24-3/h4-11H,13H2,1-3H3/b5-4+. The van der Waals surface area contributed by atoms with Crippen molar-refractivity contribution in [2.24, 2.45) is 0 Å². The molecule has 0 aliphatic heterocycles. The fraction of sp³-hybridized carbons (Fsp3) is 0.200. The third-order valence-electron chi connectivity index (χ3n) is 3.41. The van der Waals surface area contributed by atoms with E-state index in [1.165, 1.54) is 32.4 Å². The number of carbonyl (C=O) groups is 1. The number of hydrogen-bond acceptors (Lipinski definition) is 6. The zero-order valence-corrected chi connectivity index (χ0v) is 14.8. The molecule has 2 aromatic carbocycles. The summed E-state index contributed by atoms with van der Waals surface area (Å²) in [4.78, 5) is 12.1. The van der Waals surface area contributed by atoms with E-state index in [4.69, 9.17) is 24.2 Å². The van der Waals surface area contributed by atoms with Gasteiger partial charge in [-0.1, -0.05) is 18.2 Å². The molecule has 0 radical (unpaired) electrons. The first-order valence-corrected chi connectivity index (χ1v) is 7.83. The van der Waals surface area contributed by atoms with E-state index in [1.54, 1.807) is 6.07 Å². The number of methoxy groups -OCH3 is 2. The van der Waals surface area contributed by atoms with Gasteiger partial charge in [-0.2, -0.15) is 5.26 Å². The fourth-order valence-corrected chi connectivity index (χ4v) is 2.21. The van der Waals surface area contributed by atoms with Crippen molar-refractivity contribution in [2.45, 2.75) is 6.92 Å². The van der Waals surface area contributed by atoms with Crippen LogP contribution in [0.15, 0.2) is 42.5 Å². The van der Waals surface area contributed by atoms with Crippen molar-refractivity contribution in [3.05, 3.63) is 53.6 Å². The molecule has 0 aliphatic rings. The van der Waals surface area contributed by atoms with E-state index in [1.807, 2.05) is 37.3 Å². The minimum absolute atomic E-state index is 0.218. The van der Waals surface area contributed by atoms with Gasteiger partial charge in [0.05, 0.1) is 25.9 Å². The number of benzene rings is 2. The smallest absolute Gasteiger partial charge is 0.349 e. The van der Waals surface area contributed by atoms with Crippen LogP contribution in [0.25, 0.3) is 6.08 Å². The lowest BCUT2D eigenvalue weighted by Gasteiger charge is -2.12. The molecule has 0 bridgehead atoms. The van der Waals surface area contributed by atoms with Crippen molar-refractivity contribution < 1.29 is 23.7 Å².